The Morgan fingerprint density at radius 1 is 0.647 bits per heavy atom. The summed E-state index contributed by atoms with van der Waals surface area (Å²) >= 11 is 0. The predicted molar refractivity (Wildman–Crippen MR) is 35.2 cm³/mol. The zero-order chi connectivity index (χ0) is 14.0. The van der Waals surface area contributed by atoms with Crippen molar-refractivity contribution in [3.8, 4) is 0 Å². The number of hydrogen-bond donors (Lipinski definition) is 2. The van der Waals surface area contributed by atoms with Crippen LogP contribution in [-0.2, 0) is 47.9 Å². The third kappa shape index (κ3) is 9.99. The van der Waals surface area contributed by atoms with Crippen molar-refractivity contribution >= 4 is 20.2 Å². The summed E-state index contributed by atoms with van der Waals surface area (Å²) in [6.07, 6.45) is 0. The summed E-state index contributed by atoms with van der Waals surface area (Å²) in [5.41, 5.74) is -11.1. The van der Waals surface area contributed by atoms with E-state index >= 15 is 0 Å². The molecule has 0 unspecified atom stereocenters. The van der Waals surface area contributed by atoms with Gasteiger partial charge in [0.05, 0.1) is 0 Å². The van der Waals surface area contributed by atoms with Crippen LogP contribution >= 0.6 is 0 Å². The Morgan fingerprint density at radius 3 is 0.706 bits per heavy atom. The third-order valence-electron chi connectivity index (χ3n) is 0.585. The van der Waals surface area contributed by atoms with Crippen LogP contribution in [0, 0.1) is 0 Å². The molecule has 102 valence electrons. The zero-order valence-electron chi connectivity index (χ0n) is 7.32. The largest absolute Gasteiger partial charge is 0.522 e. The Bertz CT molecular complexity index is 374. The third-order valence-corrected chi connectivity index (χ3v) is 1.75. The summed E-state index contributed by atoms with van der Waals surface area (Å²) in [5.74, 6) is 0. The Kier molecular flexibility index (Phi) is 8.59. The van der Waals surface area contributed by atoms with E-state index in [1.807, 2.05) is 0 Å². The molecule has 17 heavy (non-hydrogen) atoms. The Morgan fingerprint density at radius 2 is 0.706 bits per heavy atom. The van der Waals surface area contributed by atoms with Gasteiger partial charge in [-0.05, 0) is 0 Å². The maximum Gasteiger partial charge on any atom is 0.522 e. The molecule has 0 saturated carbocycles. The minimum absolute atomic E-state index is 0. The molecule has 0 bridgehead atoms. The number of hydrogen-bond acceptors (Lipinski definition) is 4. The fraction of sp³-hybridized carbons (Fsp3) is 1.00. The van der Waals surface area contributed by atoms with Gasteiger partial charge in [-0.2, -0.15) is 43.2 Å². The van der Waals surface area contributed by atoms with Crippen molar-refractivity contribution in [1.82, 2.24) is 0 Å². The molecule has 15 heteroatoms. The van der Waals surface area contributed by atoms with E-state index in [-0.39, 0.29) is 27.7 Å². The van der Waals surface area contributed by atoms with Gasteiger partial charge in [0.25, 0.3) is 0 Å². The van der Waals surface area contributed by atoms with Crippen LogP contribution in [0.5, 0.6) is 0 Å². The molecule has 0 atom stereocenters. The molecule has 0 spiro atoms. The SMILES string of the molecule is O=S(=O)(O)C(F)(F)F.O=S(=O)(O)C(F)(F)F.[Hg]. The van der Waals surface area contributed by atoms with Gasteiger partial charge < -0.3 is 0 Å². The van der Waals surface area contributed by atoms with Crippen molar-refractivity contribution in [1.29, 1.82) is 0 Å². The van der Waals surface area contributed by atoms with E-state index in [2.05, 4.69) is 0 Å². The summed E-state index contributed by atoms with van der Waals surface area (Å²) in [6.45, 7) is 0. The van der Waals surface area contributed by atoms with E-state index in [0.29, 0.717) is 0 Å². The molecule has 2 N–H and O–H groups in total. The second kappa shape index (κ2) is 6.49. The van der Waals surface area contributed by atoms with Crippen molar-refractivity contribution in [2.75, 3.05) is 0 Å². The monoisotopic (exact) mass is 502 g/mol. The second-order valence-electron chi connectivity index (χ2n) is 1.84. The Balaban J connectivity index is -0.000000218. The molecule has 0 rings (SSSR count). The second-order valence-corrected chi connectivity index (χ2v) is 4.67. The van der Waals surface area contributed by atoms with Crippen LogP contribution < -0.4 is 0 Å². The average Bonchev–Trinajstić information content (AvgIpc) is 1.77. The molecular weight excluding hydrogens is 499 g/mol. The first-order valence-electron chi connectivity index (χ1n) is 2.57. The fourth-order valence-electron chi connectivity index (χ4n) is 0. The van der Waals surface area contributed by atoms with E-state index in [0.717, 1.165) is 0 Å². The summed E-state index contributed by atoms with van der Waals surface area (Å²) < 4.78 is 115. The standard InChI is InChI=1S/2CHF3O3S.Hg/c2*2-1(3,4)8(5,6)7;/h2*(H,5,6,7);. The first-order chi connectivity index (χ1) is 6.50. The van der Waals surface area contributed by atoms with E-state index in [1.165, 1.54) is 0 Å². The Labute approximate surface area is 111 Å². The molecule has 0 saturated heterocycles. The van der Waals surface area contributed by atoms with E-state index in [9.17, 15) is 26.3 Å². The minimum Gasteiger partial charge on any atom is -0.279 e. The van der Waals surface area contributed by atoms with Gasteiger partial charge in [-0.15, -0.1) is 0 Å². The summed E-state index contributed by atoms with van der Waals surface area (Å²) in [5, 5.41) is 0. The molecule has 0 radical (unpaired) electrons. The van der Waals surface area contributed by atoms with Gasteiger partial charge in [0.15, 0.2) is 0 Å². The molecule has 0 aliphatic rings. The van der Waals surface area contributed by atoms with Crippen molar-refractivity contribution in [2.24, 2.45) is 0 Å². The van der Waals surface area contributed by atoms with Gasteiger partial charge in [0.2, 0.25) is 0 Å². The fourth-order valence-corrected chi connectivity index (χ4v) is 0. The number of alkyl halides is 6. The van der Waals surface area contributed by atoms with Gasteiger partial charge in [-0.25, -0.2) is 0 Å². The van der Waals surface area contributed by atoms with Gasteiger partial charge in [-0.1, -0.05) is 0 Å². The van der Waals surface area contributed by atoms with E-state index < -0.39 is 31.3 Å². The molecule has 0 aliphatic carbocycles. The van der Waals surface area contributed by atoms with Crippen LogP contribution in [-0.4, -0.2) is 37.0 Å². The van der Waals surface area contributed by atoms with Crippen LogP contribution in [0.1, 0.15) is 0 Å². The van der Waals surface area contributed by atoms with Gasteiger partial charge in [0, 0.05) is 27.7 Å². The number of halogens is 6. The number of rotatable bonds is 0. The molecular formula is C2H2F6HgO6S2. The molecule has 0 heterocycles. The van der Waals surface area contributed by atoms with Crippen molar-refractivity contribution in [3.63, 3.8) is 0 Å². The van der Waals surface area contributed by atoms with Crippen molar-refractivity contribution < 1.29 is 80.0 Å². The molecule has 0 aromatic heterocycles. The molecule has 0 aromatic carbocycles. The molecule has 6 nitrogen and oxygen atoms in total. The zero-order valence-corrected chi connectivity index (χ0v) is 14.4. The normalized spacial score (nSPS) is 13.2. The van der Waals surface area contributed by atoms with Crippen LogP contribution in [0.3, 0.4) is 0 Å². The maximum atomic E-state index is 10.7. The first-order valence-corrected chi connectivity index (χ1v) is 5.45. The van der Waals surface area contributed by atoms with Crippen molar-refractivity contribution in [2.45, 2.75) is 11.0 Å². The van der Waals surface area contributed by atoms with E-state index in [4.69, 9.17) is 25.9 Å². The van der Waals surface area contributed by atoms with Gasteiger partial charge in [0.1, 0.15) is 0 Å². The maximum absolute atomic E-state index is 10.7. The van der Waals surface area contributed by atoms with Crippen LogP contribution in [0.25, 0.3) is 0 Å². The van der Waals surface area contributed by atoms with Gasteiger partial charge >= 0.3 is 31.3 Å². The van der Waals surface area contributed by atoms with E-state index in [1.54, 1.807) is 0 Å². The Hall–Kier alpha value is 0.335. The first kappa shape index (κ1) is 22.5. The molecule has 0 aromatic rings. The summed E-state index contributed by atoms with van der Waals surface area (Å²) in [6, 6.07) is 0. The minimum atomic E-state index is -5.84. The topological polar surface area (TPSA) is 109 Å². The predicted octanol–water partition coefficient (Wildman–Crippen LogP) is 0.786. The molecule has 0 aliphatic heterocycles. The summed E-state index contributed by atoms with van der Waals surface area (Å²) in [7, 11) is -11.7. The van der Waals surface area contributed by atoms with Crippen molar-refractivity contribution in [3.05, 3.63) is 0 Å². The quantitative estimate of drug-likeness (QED) is 0.220. The van der Waals surface area contributed by atoms with Gasteiger partial charge in [-0.3, -0.25) is 9.11 Å². The van der Waals surface area contributed by atoms with Crippen LogP contribution in [0.4, 0.5) is 26.3 Å². The van der Waals surface area contributed by atoms with Crippen LogP contribution in [0.2, 0.25) is 0 Å². The smallest absolute Gasteiger partial charge is 0.279 e. The average molecular weight is 501 g/mol. The van der Waals surface area contributed by atoms with Crippen LogP contribution in [0.15, 0.2) is 0 Å². The molecule has 0 fully saturated rings. The molecule has 0 amide bonds. The summed E-state index contributed by atoms with van der Waals surface area (Å²) in [4.78, 5) is 0.